The van der Waals surface area contributed by atoms with Crippen molar-refractivity contribution in [2.75, 3.05) is 5.32 Å². The lowest BCUT2D eigenvalue weighted by atomic mass is 10.3. The van der Waals surface area contributed by atoms with E-state index >= 15 is 0 Å². The summed E-state index contributed by atoms with van der Waals surface area (Å²) >= 11 is 6.91. The van der Waals surface area contributed by atoms with Crippen LogP contribution in [0.3, 0.4) is 0 Å². The Kier molecular flexibility index (Phi) is 4.62. The second-order valence-electron chi connectivity index (χ2n) is 4.39. The number of hydrogen-bond donors (Lipinski definition) is 2. The van der Waals surface area contributed by atoms with Crippen LogP contribution in [0.15, 0.2) is 51.2 Å². The standard InChI is InChI=1S/C14H13BrN4S2/c1-9-13(15)6-12(20-9)7-16-10-2-4-11(5-3-10)21-14-17-8-18-19-14/h2-6,8,16H,7H2,1H3,(H,17,18,19). The predicted octanol–water partition coefficient (Wildman–Crippen LogP) is 4.70. The summed E-state index contributed by atoms with van der Waals surface area (Å²) in [7, 11) is 0. The molecular formula is C14H13BrN4S2. The Morgan fingerprint density at radius 3 is 2.76 bits per heavy atom. The first-order chi connectivity index (χ1) is 10.2. The zero-order chi connectivity index (χ0) is 14.7. The molecule has 0 aliphatic carbocycles. The summed E-state index contributed by atoms with van der Waals surface area (Å²) < 4.78 is 1.18. The van der Waals surface area contributed by atoms with Gasteiger partial charge in [0.1, 0.15) is 6.33 Å². The zero-order valence-electron chi connectivity index (χ0n) is 11.3. The summed E-state index contributed by atoms with van der Waals surface area (Å²) in [6.45, 7) is 2.96. The van der Waals surface area contributed by atoms with E-state index in [1.165, 1.54) is 20.6 Å². The van der Waals surface area contributed by atoms with Crippen LogP contribution < -0.4 is 5.32 Å². The number of benzene rings is 1. The molecule has 1 aromatic carbocycles. The zero-order valence-corrected chi connectivity index (χ0v) is 14.5. The highest BCUT2D eigenvalue weighted by molar-refractivity contribution is 9.10. The highest BCUT2D eigenvalue weighted by Gasteiger charge is 2.03. The molecule has 0 aliphatic rings. The molecular weight excluding hydrogens is 368 g/mol. The molecule has 4 nitrogen and oxygen atoms in total. The van der Waals surface area contributed by atoms with Crippen LogP contribution in [0.1, 0.15) is 9.75 Å². The fourth-order valence-corrected chi connectivity index (χ4v) is 4.03. The number of halogens is 1. The summed E-state index contributed by atoms with van der Waals surface area (Å²) in [6.07, 6.45) is 1.51. The van der Waals surface area contributed by atoms with E-state index in [4.69, 9.17) is 0 Å². The topological polar surface area (TPSA) is 53.6 Å². The number of nitrogens with one attached hydrogen (secondary N) is 2. The first kappa shape index (κ1) is 14.6. The number of aromatic amines is 1. The van der Waals surface area contributed by atoms with Crippen LogP contribution in [0.4, 0.5) is 5.69 Å². The van der Waals surface area contributed by atoms with Crippen LogP contribution in [0, 0.1) is 6.92 Å². The van der Waals surface area contributed by atoms with Gasteiger partial charge in [0.15, 0.2) is 5.16 Å². The molecule has 108 valence electrons. The van der Waals surface area contributed by atoms with Crippen LogP contribution in [0.25, 0.3) is 0 Å². The molecule has 0 amide bonds. The number of hydrogen-bond acceptors (Lipinski definition) is 5. The van der Waals surface area contributed by atoms with Gasteiger partial charge in [-0.2, -0.15) is 5.10 Å². The number of aryl methyl sites for hydroxylation is 1. The van der Waals surface area contributed by atoms with Crippen molar-refractivity contribution in [1.82, 2.24) is 15.2 Å². The molecule has 7 heteroatoms. The van der Waals surface area contributed by atoms with Gasteiger partial charge in [0, 0.05) is 31.4 Å². The van der Waals surface area contributed by atoms with Gasteiger partial charge in [-0.3, -0.25) is 5.10 Å². The number of H-pyrrole nitrogens is 1. The number of nitrogens with zero attached hydrogens (tertiary/aromatic N) is 2. The molecule has 0 saturated carbocycles. The quantitative estimate of drug-likeness (QED) is 0.673. The SMILES string of the molecule is Cc1sc(CNc2ccc(Sc3ncn[nH]3)cc2)cc1Br. The van der Waals surface area contributed by atoms with E-state index < -0.39 is 0 Å². The van der Waals surface area contributed by atoms with Gasteiger partial charge in [-0.05, 0) is 53.2 Å². The van der Waals surface area contributed by atoms with Gasteiger partial charge in [-0.1, -0.05) is 11.8 Å². The Balaban J connectivity index is 1.59. The molecule has 0 bridgehead atoms. The predicted molar refractivity (Wildman–Crippen MR) is 91.0 cm³/mol. The fourth-order valence-electron chi connectivity index (χ4n) is 1.79. The number of rotatable bonds is 5. The Morgan fingerprint density at radius 1 is 1.33 bits per heavy atom. The molecule has 21 heavy (non-hydrogen) atoms. The van der Waals surface area contributed by atoms with Crippen molar-refractivity contribution in [1.29, 1.82) is 0 Å². The minimum absolute atomic E-state index is 0.801. The average molecular weight is 381 g/mol. The summed E-state index contributed by atoms with van der Waals surface area (Å²) in [5, 5.41) is 10.9. The summed E-state index contributed by atoms with van der Waals surface area (Å²) in [4.78, 5) is 7.86. The first-order valence-corrected chi connectivity index (χ1v) is 8.75. The van der Waals surface area contributed by atoms with E-state index in [9.17, 15) is 0 Å². The van der Waals surface area contributed by atoms with Crippen molar-refractivity contribution in [3.05, 3.63) is 50.9 Å². The van der Waals surface area contributed by atoms with Crippen molar-refractivity contribution < 1.29 is 0 Å². The monoisotopic (exact) mass is 380 g/mol. The Labute approximate surface area is 139 Å². The molecule has 0 aliphatic heterocycles. The smallest absolute Gasteiger partial charge is 0.188 e. The maximum absolute atomic E-state index is 4.10. The average Bonchev–Trinajstić information content (AvgIpc) is 3.09. The highest BCUT2D eigenvalue weighted by atomic mass is 79.9. The van der Waals surface area contributed by atoms with E-state index in [0.717, 1.165) is 22.3 Å². The lowest BCUT2D eigenvalue weighted by molar-refractivity contribution is 0.973. The van der Waals surface area contributed by atoms with E-state index in [0.29, 0.717) is 0 Å². The Bertz CT molecular complexity index is 688. The summed E-state index contributed by atoms with van der Waals surface area (Å²) in [5.41, 5.74) is 1.11. The minimum Gasteiger partial charge on any atom is -0.380 e. The second-order valence-corrected chi connectivity index (χ2v) is 7.64. The van der Waals surface area contributed by atoms with Crippen molar-refractivity contribution in [3.8, 4) is 0 Å². The summed E-state index contributed by atoms with van der Waals surface area (Å²) in [5.74, 6) is 0. The third kappa shape index (κ3) is 3.87. The maximum atomic E-state index is 4.10. The fraction of sp³-hybridized carbons (Fsp3) is 0.143. The van der Waals surface area contributed by atoms with Gasteiger partial charge in [0.05, 0.1) is 0 Å². The third-order valence-electron chi connectivity index (χ3n) is 2.84. The lowest BCUT2D eigenvalue weighted by Gasteiger charge is -2.05. The molecule has 3 rings (SSSR count). The van der Waals surface area contributed by atoms with E-state index in [-0.39, 0.29) is 0 Å². The molecule has 2 N–H and O–H groups in total. The van der Waals surface area contributed by atoms with Gasteiger partial charge < -0.3 is 5.32 Å². The number of anilines is 1. The molecule has 2 heterocycles. The van der Waals surface area contributed by atoms with Gasteiger partial charge in [-0.25, -0.2) is 4.98 Å². The lowest BCUT2D eigenvalue weighted by Crippen LogP contribution is -1.96. The van der Waals surface area contributed by atoms with Crippen LogP contribution in [0.2, 0.25) is 0 Å². The normalized spacial score (nSPS) is 10.8. The van der Waals surface area contributed by atoms with Crippen molar-refractivity contribution in [2.24, 2.45) is 0 Å². The summed E-state index contributed by atoms with van der Waals surface area (Å²) in [6, 6.07) is 10.5. The maximum Gasteiger partial charge on any atom is 0.188 e. The van der Waals surface area contributed by atoms with Crippen LogP contribution in [-0.4, -0.2) is 15.2 Å². The van der Waals surface area contributed by atoms with Gasteiger partial charge in [0.2, 0.25) is 0 Å². The van der Waals surface area contributed by atoms with Crippen molar-refractivity contribution in [2.45, 2.75) is 23.5 Å². The Morgan fingerprint density at radius 2 is 2.14 bits per heavy atom. The van der Waals surface area contributed by atoms with E-state index in [1.807, 2.05) is 0 Å². The second kappa shape index (κ2) is 6.64. The molecule has 0 unspecified atom stereocenters. The van der Waals surface area contributed by atoms with E-state index in [2.05, 4.69) is 73.7 Å². The van der Waals surface area contributed by atoms with Gasteiger partial charge >= 0.3 is 0 Å². The molecule has 0 radical (unpaired) electrons. The van der Waals surface area contributed by atoms with Crippen LogP contribution >= 0.6 is 39.0 Å². The van der Waals surface area contributed by atoms with Crippen molar-refractivity contribution in [3.63, 3.8) is 0 Å². The van der Waals surface area contributed by atoms with Crippen molar-refractivity contribution >= 4 is 44.7 Å². The van der Waals surface area contributed by atoms with Gasteiger partial charge in [-0.15, -0.1) is 11.3 Å². The van der Waals surface area contributed by atoms with E-state index in [1.54, 1.807) is 23.1 Å². The molecule has 3 aromatic rings. The molecule has 2 aromatic heterocycles. The molecule has 0 fully saturated rings. The first-order valence-electron chi connectivity index (χ1n) is 6.32. The minimum atomic E-state index is 0.801. The molecule has 0 atom stereocenters. The number of thiophene rings is 1. The highest BCUT2D eigenvalue weighted by Crippen LogP contribution is 2.28. The third-order valence-corrected chi connectivity index (χ3v) is 5.87. The van der Waals surface area contributed by atoms with Crippen LogP contribution in [-0.2, 0) is 6.54 Å². The Hall–Kier alpha value is -1.31. The van der Waals surface area contributed by atoms with Gasteiger partial charge in [0.25, 0.3) is 0 Å². The van der Waals surface area contributed by atoms with Crippen LogP contribution in [0.5, 0.6) is 0 Å². The number of aromatic nitrogens is 3. The largest absolute Gasteiger partial charge is 0.380 e. The molecule has 0 spiro atoms. The molecule has 0 saturated heterocycles.